The molecule has 1 aromatic heterocycles. The quantitative estimate of drug-likeness (QED) is 0.883. The van der Waals surface area contributed by atoms with Crippen molar-refractivity contribution in [2.24, 2.45) is 0 Å². The first kappa shape index (κ1) is 12.2. The molecule has 1 saturated carbocycles. The van der Waals surface area contributed by atoms with Gasteiger partial charge in [-0.25, -0.2) is 4.98 Å². The van der Waals surface area contributed by atoms with Gasteiger partial charge in [-0.05, 0) is 37.8 Å². The van der Waals surface area contributed by atoms with Gasteiger partial charge >= 0.3 is 0 Å². The van der Waals surface area contributed by atoms with Crippen molar-refractivity contribution in [3.8, 4) is 0 Å². The summed E-state index contributed by atoms with van der Waals surface area (Å²) in [5.41, 5.74) is 0.877. The summed E-state index contributed by atoms with van der Waals surface area (Å²) in [6.07, 6.45) is 3.65. The van der Waals surface area contributed by atoms with Crippen LogP contribution in [0.5, 0.6) is 0 Å². The summed E-state index contributed by atoms with van der Waals surface area (Å²) >= 11 is 7.75. The number of rotatable bonds is 2. The van der Waals surface area contributed by atoms with E-state index < -0.39 is 0 Å². The van der Waals surface area contributed by atoms with Gasteiger partial charge in [-0.3, -0.25) is 0 Å². The second kappa shape index (κ2) is 5.03. The number of thiazole rings is 1. The largest absolute Gasteiger partial charge is 0.393 e. The van der Waals surface area contributed by atoms with Crippen molar-refractivity contribution in [1.29, 1.82) is 0 Å². The van der Waals surface area contributed by atoms with E-state index in [9.17, 15) is 5.11 Å². The van der Waals surface area contributed by atoms with Gasteiger partial charge in [0, 0.05) is 6.04 Å². The van der Waals surface area contributed by atoms with Crippen LogP contribution in [-0.2, 0) is 0 Å². The van der Waals surface area contributed by atoms with Gasteiger partial charge in [-0.1, -0.05) is 29.0 Å². The van der Waals surface area contributed by atoms with E-state index in [1.807, 2.05) is 18.2 Å². The number of hydrogen-bond acceptors (Lipinski definition) is 4. The van der Waals surface area contributed by atoms with E-state index in [1.165, 1.54) is 0 Å². The molecule has 2 aromatic rings. The number of hydrogen-bond donors (Lipinski definition) is 2. The van der Waals surface area contributed by atoms with Gasteiger partial charge < -0.3 is 10.4 Å². The number of fused-ring (bicyclic) bond motifs is 1. The SMILES string of the molecule is OC1CCC(Nc2nc3c(Cl)cccc3s2)CC1. The van der Waals surface area contributed by atoms with Crippen molar-refractivity contribution in [1.82, 2.24) is 4.98 Å². The maximum atomic E-state index is 9.49. The third-order valence-corrected chi connectivity index (χ3v) is 4.65. The average molecular weight is 283 g/mol. The van der Waals surface area contributed by atoms with Crippen LogP contribution in [0, 0.1) is 0 Å². The average Bonchev–Trinajstić information content (AvgIpc) is 2.76. The Morgan fingerprint density at radius 2 is 2.06 bits per heavy atom. The molecule has 0 unspecified atom stereocenters. The molecule has 2 N–H and O–H groups in total. The van der Waals surface area contributed by atoms with Gasteiger partial charge in [-0.15, -0.1) is 0 Å². The summed E-state index contributed by atoms with van der Waals surface area (Å²) in [4.78, 5) is 4.54. The first-order valence-corrected chi connectivity index (χ1v) is 7.41. The highest BCUT2D eigenvalue weighted by Crippen LogP contribution is 2.32. The van der Waals surface area contributed by atoms with Crippen LogP contribution in [0.3, 0.4) is 0 Å². The normalized spacial score (nSPS) is 24.3. The molecule has 0 spiro atoms. The van der Waals surface area contributed by atoms with E-state index in [0.717, 1.165) is 41.0 Å². The number of nitrogens with zero attached hydrogens (tertiary/aromatic N) is 1. The van der Waals surface area contributed by atoms with Crippen LogP contribution >= 0.6 is 22.9 Å². The van der Waals surface area contributed by atoms with Gasteiger partial charge in [0.15, 0.2) is 5.13 Å². The molecule has 1 aliphatic rings. The second-order valence-corrected chi connectivity index (χ2v) is 6.19. The van der Waals surface area contributed by atoms with Crippen LogP contribution in [0.4, 0.5) is 5.13 Å². The number of benzene rings is 1. The van der Waals surface area contributed by atoms with Crippen molar-refractivity contribution in [2.75, 3.05) is 5.32 Å². The summed E-state index contributed by atoms with van der Waals surface area (Å²) < 4.78 is 1.11. The smallest absolute Gasteiger partial charge is 0.184 e. The number of aromatic nitrogens is 1. The van der Waals surface area contributed by atoms with E-state index in [1.54, 1.807) is 11.3 Å². The number of para-hydroxylation sites is 1. The molecular weight excluding hydrogens is 268 g/mol. The number of aliphatic hydroxyl groups excluding tert-OH is 1. The van der Waals surface area contributed by atoms with Crippen molar-refractivity contribution in [3.63, 3.8) is 0 Å². The Morgan fingerprint density at radius 3 is 2.78 bits per heavy atom. The molecule has 1 aromatic carbocycles. The van der Waals surface area contributed by atoms with Crippen molar-refractivity contribution in [3.05, 3.63) is 23.2 Å². The molecule has 0 bridgehead atoms. The molecule has 0 atom stereocenters. The molecule has 0 amide bonds. The van der Waals surface area contributed by atoms with Crippen molar-refractivity contribution >= 4 is 38.3 Å². The highest BCUT2D eigenvalue weighted by molar-refractivity contribution is 7.22. The van der Waals surface area contributed by atoms with Crippen molar-refractivity contribution < 1.29 is 5.11 Å². The Balaban J connectivity index is 1.77. The molecule has 1 fully saturated rings. The minimum atomic E-state index is -0.118. The first-order valence-electron chi connectivity index (χ1n) is 6.22. The fourth-order valence-corrected chi connectivity index (χ4v) is 3.61. The third kappa shape index (κ3) is 2.46. The molecule has 1 aliphatic carbocycles. The fourth-order valence-electron chi connectivity index (χ4n) is 2.37. The van der Waals surface area contributed by atoms with Crippen LogP contribution in [-0.4, -0.2) is 22.2 Å². The molecule has 18 heavy (non-hydrogen) atoms. The summed E-state index contributed by atoms with van der Waals surface area (Å²) in [7, 11) is 0. The molecule has 5 heteroatoms. The van der Waals surface area contributed by atoms with E-state index in [4.69, 9.17) is 11.6 Å². The lowest BCUT2D eigenvalue weighted by Gasteiger charge is -2.25. The van der Waals surface area contributed by atoms with Crippen LogP contribution in [0.15, 0.2) is 18.2 Å². The van der Waals surface area contributed by atoms with Gasteiger partial charge in [0.25, 0.3) is 0 Å². The minimum absolute atomic E-state index is 0.118. The van der Waals surface area contributed by atoms with Crippen LogP contribution in [0.1, 0.15) is 25.7 Å². The Morgan fingerprint density at radius 1 is 1.28 bits per heavy atom. The zero-order valence-corrected chi connectivity index (χ0v) is 11.5. The standard InChI is InChI=1S/C13H15ClN2OS/c14-10-2-1-3-11-12(10)16-13(18-11)15-8-4-6-9(17)7-5-8/h1-3,8-9,17H,4-7H2,(H,15,16). The molecule has 0 saturated heterocycles. The molecule has 3 nitrogen and oxygen atoms in total. The molecule has 0 aliphatic heterocycles. The van der Waals surface area contributed by atoms with Gasteiger partial charge in [0.05, 0.1) is 15.8 Å². The van der Waals surface area contributed by atoms with Crippen LogP contribution in [0.2, 0.25) is 5.02 Å². The molecular formula is C13H15ClN2OS. The zero-order valence-electron chi connectivity index (χ0n) is 9.90. The molecule has 1 heterocycles. The summed E-state index contributed by atoms with van der Waals surface area (Å²) in [5, 5.41) is 14.6. The Hall–Kier alpha value is -0.840. The van der Waals surface area contributed by atoms with Gasteiger partial charge in [-0.2, -0.15) is 0 Å². The lowest BCUT2D eigenvalue weighted by molar-refractivity contribution is 0.126. The zero-order chi connectivity index (χ0) is 12.5. The highest BCUT2D eigenvalue weighted by atomic mass is 35.5. The van der Waals surface area contributed by atoms with Gasteiger partial charge in [0.2, 0.25) is 0 Å². The summed E-state index contributed by atoms with van der Waals surface area (Å²) in [5.74, 6) is 0. The lowest BCUT2D eigenvalue weighted by atomic mass is 9.93. The maximum Gasteiger partial charge on any atom is 0.184 e. The van der Waals surface area contributed by atoms with Crippen molar-refractivity contribution in [2.45, 2.75) is 37.8 Å². The Bertz CT molecular complexity index is 549. The van der Waals surface area contributed by atoms with E-state index in [0.29, 0.717) is 11.1 Å². The number of anilines is 1. The maximum absolute atomic E-state index is 9.49. The predicted molar refractivity (Wildman–Crippen MR) is 76.5 cm³/mol. The molecule has 0 radical (unpaired) electrons. The van der Waals surface area contributed by atoms with Crippen LogP contribution in [0.25, 0.3) is 10.2 Å². The Labute approximate surface area is 115 Å². The second-order valence-electron chi connectivity index (χ2n) is 4.76. The summed E-state index contributed by atoms with van der Waals surface area (Å²) in [6, 6.07) is 6.27. The first-order chi connectivity index (χ1) is 8.72. The lowest BCUT2D eigenvalue weighted by Crippen LogP contribution is -2.28. The molecule has 96 valence electrons. The van der Waals surface area contributed by atoms with Crippen LogP contribution < -0.4 is 5.32 Å². The van der Waals surface area contributed by atoms with E-state index >= 15 is 0 Å². The van der Waals surface area contributed by atoms with E-state index in [2.05, 4.69) is 10.3 Å². The third-order valence-electron chi connectivity index (χ3n) is 3.39. The van der Waals surface area contributed by atoms with Gasteiger partial charge in [0.1, 0.15) is 5.52 Å². The monoisotopic (exact) mass is 282 g/mol. The number of aliphatic hydroxyl groups is 1. The Kier molecular flexibility index (Phi) is 3.41. The predicted octanol–water partition coefficient (Wildman–Crippen LogP) is 3.67. The number of nitrogens with one attached hydrogen (secondary N) is 1. The number of halogens is 1. The summed E-state index contributed by atoms with van der Waals surface area (Å²) in [6.45, 7) is 0. The molecule has 3 rings (SSSR count). The highest BCUT2D eigenvalue weighted by Gasteiger charge is 2.20. The fraction of sp³-hybridized carbons (Fsp3) is 0.462. The minimum Gasteiger partial charge on any atom is -0.393 e. The van der Waals surface area contributed by atoms with E-state index in [-0.39, 0.29) is 6.10 Å². The topological polar surface area (TPSA) is 45.1 Å².